The van der Waals surface area contributed by atoms with Crippen molar-refractivity contribution >= 4 is 0 Å². The Labute approximate surface area is 264 Å². The summed E-state index contributed by atoms with van der Waals surface area (Å²) >= 11 is 0. The molecule has 4 rings (SSSR count). The zero-order valence-corrected chi connectivity index (χ0v) is 27.1. The fourth-order valence-corrected chi connectivity index (χ4v) is 6.59. The van der Waals surface area contributed by atoms with Crippen LogP contribution < -0.4 is 0 Å². The second kappa shape index (κ2) is 18.4. The molecule has 1 heterocycles. The van der Waals surface area contributed by atoms with Gasteiger partial charge in [-0.05, 0) is 66.0 Å². The minimum atomic E-state index is -0.793. The van der Waals surface area contributed by atoms with Gasteiger partial charge in [-0.1, -0.05) is 139 Å². The molecule has 3 aromatic carbocycles. The van der Waals surface area contributed by atoms with Crippen LogP contribution in [0.1, 0.15) is 134 Å². The largest absolute Gasteiger partial charge is 0.378 e. The minimum Gasteiger partial charge on any atom is -0.378 e. The topological polar surface area (TPSA) is 9.23 Å². The van der Waals surface area contributed by atoms with Gasteiger partial charge in [-0.25, -0.2) is 13.2 Å². The fraction of sp³-hybridized carbons (Fsp3) is 0.550. The summed E-state index contributed by atoms with van der Waals surface area (Å²) in [6.45, 7) is 5.02. The highest BCUT2D eigenvalue weighted by atomic mass is 19.2. The standard InChI is InChI=1S/C40H53F3O/c1-3-5-7-9-10-11-13-14-16-32-23-27-37(40(43)39(32)42)31-20-18-30(19-21-31)33-24-26-36(38(41)28-33)34-22-25-35(44-29-34)17-15-12-8-6-4-2/h18-21,23-24,26-28,34-35H,3-17,22,25,29H2,1-2H3. The van der Waals surface area contributed by atoms with E-state index in [0.29, 0.717) is 30.3 Å². The maximum atomic E-state index is 15.3. The van der Waals surface area contributed by atoms with E-state index in [1.165, 1.54) is 64.2 Å². The highest BCUT2D eigenvalue weighted by Crippen LogP contribution is 2.34. The number of hydrogen-bond acceptors (Lipinski definition) is 1. The zero-order chi connectivity index (χ0) is 31.1. The third-order valence-electron chi connectivity index (χ3n) is 9.43. The van der Waals surface area contributed by atoms with Gasteiger partial charge < -0.3 is 4.74 Å². The fourth-order valence-electron chi connectivity index (χ4n) is 6.59. The first-order valence-corrected chi connectivity index (χ1v) is 17.5. The first kappa shape index (κ1) is 34.3. The smallest absolute Gasteiger partial charge is 0.166 e. The van der Waals surface area contributed by atoms with Crippen LogP contribution in [-0.2, 0) is 11.2 Å². The van der Waals surface area contributed by atoms with Crippen LogP contribution in [0.3, 0.4) is 0 Å². The highest BCUT2D eigenvalue weighted by molar-refractivity contribution is 5.71. The lowest BCUT2D eigenvalue weighted by molar-refractivity contribution is -0.00273. The molecule has 0 aliphatic carbocycles. The molecule has 0 amide bonds. The van der Waals surface area contributed by atoms with Gasteiger partial charge in [-0.15, -0.1) is 0 Å². The van der Waals surface area contributed by atoms with Crippen LogP contribution in [0, 0.1) is 17.5 Å². The molecule has 1 aliphatic rings. The van der Waals surface area contributed by atoms with Gasteiger partial charge in [0.05, 0.1) is 12.7 Å². The summed E-state index contributed by atoms with van der Waals surface area (Å²) < 4.78 is 51.4. The summed E-state index contributed by atoms with van der Waals surface area (Å²) in [5, 5.41) is 0. The van der Waals surface area contributed by atoms with Crippen molar-refractivity contribution in [3.05, 3.63) is 83.2 Å². The van der Waals surface area contributed by atoms with E-state index in [0.717, 1.165) is 55.2 Å². The van der Waals surface area contributed by atoms with Crippen molar-refractivity contribution in [3.63, 3.8) is 0 Å². The maximum Gasteiger partial charge on any atom is 0.166 e. The van der Waals surface area contributed by atoms with Gasteiger partial charge in [0, 0.05) is 11.5 Å². The van der Waals surface area contributed by atoms with Gasteiger partial charge in [0.1, 0.15) is 5.82 Å². The van der Waals surface area contributed by atoms with Gasteiger partial charge in [-0.2, -0.15) is 0 Å². The second-order valence-corrected chi connectivity index (χ2v) is 12.9. The number of halogens is 3. The lowest BCUT2D eigenvalue weighted by Crippen LogP contribution is -2.25. The Bertz CT molecular complexity index is 1260. The third kappa shape index (κ3) is 9.96. The molecule has 1 aliphatic heterocycles. The van der Waals surface area contributed by atoms with Gasteiger partial charge >= 0.3 is 0 Å². The Balaban J connectivity index is 1.29. The van der Waals surface area contributed by atoms with Gasteiger partial charge in [0.2, 0.25) is 0 Å². The van der Waals surface area contributed by atoms with Crippen LogP contribution in [0.4, 0.5) is 13.2 Å². The molecule has 0 saturated carbocycles. The van der Waals surface area contributed by atoms with E-state index in [-0.39, 0.29) is 17.3 Å². The number of hydrogen-bond donors (Lipinski definition) is 0. The number of rotatable bonds is 18. The lowest BCUT2D eigenvalue weighted by atomic mass is 9.88. The van der Waals surface area contributed by atoms with E-state index < -0.39 is 11.6 Å². The number of benzene rings is 3. The summed E-state index contributed by atoms with van der Waals surface area (Å²) in [5.41, 5.74) is 3.65. The summed E-state index contributed by atoms with van der Waals surface area (Å²) in [6.07, 6.45) is 19.6. The predicted molar refractivity (Wildman–Crippen MR) is 179 cm³/mol. The van der Waals surface area contributed by atoms with Crippen molar-refractivity contribution in [1.29, 1.82) is 0 Å². The second-order valence-electron chi connectivity index (χ2n) is 12.9. The average molecular weight is 607 g/mol. The third-order valence-corrected chi connectivity index (χ3v) is 9.43. The SMILES string of the molecule is CCCCCCCCCCc1ccc(-c2ccc(-c3ccc(C4CCC(CCCCCCC)OC4)c(F)c3)cc2)c(F)c1F. The van der Waals surface area contributed by atoms with Crippen molar-refractivity contribution < 1.29 is 17.9 Å². The molecule has 44 heavy (non-hydrogen) atoms. The molecule has 0 spiro atoms. The molecule has 1 fully saturated rings. The van der Waals surface area contributed by atoms with E-state index in [9.17, 15) is 4.39 Å². The predicted octanol–water partition coefficient (Wildman–Crippen LogP) is 12.7. The molecule has 0 radical (unpaired) electrons. The Kier molecular flexibility index (Phi) is 14.3. The van der Waals surface area contributed by atoms with Crippen molar-refractivity contribution in [2.45, 2.75) is 135 Å². The van der Waals surface area contributed by atoms with Crippen LogP contribution >= 0.6 is 0 Å². The molecule has 3 aromatic rings. The molecule has 0 bridgehead atoms. The number of ether oxygens (including phenoxy) is 1. The minimum absolute atomic E-state index is 0.0826. The molecular formula is C40H53F3O. The molecule has 1 saturated heterocycles. The van der Waals surface area contributed by atoms with Crippen LogP contribution in [0.25, 0.3) is 22.3 Å². The van der Waals surface area contributed by atoms with E-state index >= 15 is 8.78 Å². The summed E-state index contributed by atoms with van der Waals surface area (Å²) in [7, 11) is 0. The van der Waals surface area contributed by atoms with E-state index in [4.69, 9.17) is 4.74 Å². The van der Waals surface area contributed by atoms with Crippen LogP contribution in [0.2, 0.25) is 0 Å². The van der Waals surface area contributed by atoms with Crippen molar-refractivity contribution in [3.8, 4) is 22.3 Å². The van der Waals surface area contributed by atoms with Crippen molar-refractivity contribution in [1.82, 2.24) is 0 Å². The van der Waals surface area contributed by atoms with Crippen LogP contribution in [-0.4, -0.2) is 12.7 Å². The van der Waals surface area contributed by atoms with Crippen molar-refractivity contribution in [2.75, 3.05) is 6.61 Å². The van der Waals surface area contributed by atoms with Crippen LogP contribution in [0.15, 0.2) is 54.6 Å². The maximum absolute atomic E-state index is 15.3. The molecule has 4 heteroatoms. The average Bonchev–Trinajstić information content (AvgIpc) is 3.04. The van der Waals surface area contributed by atoms with Gasteiger partial charge in [-0.3, -0.25) is 0 Å². The van der Waals surface area contributed by atoms with E-state index in [1.807, 2.05) is 24.3 Å². The molecule has 0 aromatic heterocycles. The van der Waals surface area contributed by atoms with E-state index in [2.05, 4.69) is 13.8 Å². The Hall–Kier alpha value is -2.59. The first-order valence-electron chi connectivity index (χ1n) is 17.5. The summed E-state index contributed by atoms with van der Waals surface area (Å²) in [4.78, 5) is 0. The lowest BCUT2D eigenvalue weighted by Gasteiger charge is -2.29. The molecule has 0 N–H and O–H groups in total. The zero-order valence-electron chi connectivity index (χ0n) is 27.1. The van der Waals surface area contributed by atoms with E-state index in [1.54, 1.807) is 30.3 Å². The van der Waals surface area contributed by atoms with Gasteiger partial charge in [0.15, 0.2) is 11.6 Å². The number of unbranched alkanes of at least 4 members (excludes halogenated alkanes) is 11. The molecular weight excluding hydrogens is 553 g/mol. The Morgan fingerprint density at radius 3 is 1.86 bits per heavy atom. The Morgan fingerprint density at radius 1 is 0.614 bits per heavy atom. The first-order chi connectivity index (χ1) is 21.5. The molecule has 240 valence electrons. The Morgan fingerprint density at radius 2 is 1.23 bits per heavy atom. The van der Waals surface area contributed by atoms with Crippen molar-refractivity contribution in [2.24, 2.45) is 0 Å². The quantitative estimate of drug-likeness (QED) is 0.131. The monoisotopic (exact) mass is 606 g/mol. The summed E-state index contributed by atoms with van der Waals surface area (Å²) in [6, 6.07) is 16.1. The molecule has 2 unspecified atom stereocenters. The highest BCUT2D eigenvalue weighted by Gasteiger charge is 2.25. The molecule has 1 nitrogen and oxygen atoms in total. The molecule has 2 atom stereocenters. The summed E-state index contributed by atoms with van der Waals surface area (Å²) in [5.74, 6) is -1.66. The normalized spacial score (nSPS) is 16.8. The number of aryl methyl sites for hydroxylation is 1. The van der Waals surface area contributed by atoms with Crippen LogP contribution in [0.5, 0.6) is 0 Å². The van der Waals surface area contributed by atoms with Gasteiger partial charge in [0.25, 0.3) is 0 Å².